The van der Waals surface area contributed by atoms with Crippen molar-refractivity contribution < 1.29 is 13.2 Å². The molecular weight excluding hydrogens is 400 g/mol. The summed E-state index contributed by atoms with van der Waals surface area (Å²) >= 11 is 0. The average molecular weight is 418 g/mol. The first kappa shape index (κ1) is 19.8. The summed E-state index contributed by atoms with van der Waals surface area (Å²) < 4.78 is 27.4. The van der Waals surface area contributed by atoms with Crippen molar-refractivity contribution in [3.8, 4) is 12.1 Å². The number of carbonyl (C=O) groups excluding carboxylic acids is 1. The molecule has 0 aromatic heterocycles. The van der Waals surface area contributed by atoms with Crippen molar-refractivity contribution in [2.24, 2.45) is 0 Å². The molecule has 1 fully saturated rings. The molecule has 0 atom stereocenters. The summed E-state index contributed by atoms with van der Waals surface area (Å²) in [4.78, 5) is 14.7. The van der Waals surface area contributed by atoms with E-state index in [2.05, 4.69) is 0 Å². The zero-order chi connectivity index (χ0) is 21.3. The van der Waals surface area contributed by atoms with Crippen LogP contribution in [0.1, 0.15) is 24.0 Å². The maximum absolute atomic E-state index is 13.1. The number of hydrogen-bond donors (Lipinski definition) is 0. The van der Waals surface area contributed by atoms with Crippen molar-refractivity contribution in [2.45, 2.75) is 24.3 Å². The maximum atomic E-state index is 13.1. The third kappa shape index (κ3) is 3.26. The molecule has 8 heteroatoms. The number of hydrogen-bond acceptors (Lipinski definition) is 5. The Morgan fingerprint density at radius 2 is 1.67 bits per heavy atom. The third-order valence-corrected chi connectivity index (χ3v) is 7.24. The normalized spacial score (nSPS) is 16.3. The SMILES string of the molecule is N#CC(C#N)=C1C(=O)N(Cc2ccccc2)c2ccc(S(=O)(=O)N3CCCC3)cc21. The quantitative estimate of drug-likeness (QED) is 0.561. The average Bonchev–Trinajstić information content (AvgIpc) is 3.39. The topological polar surface area (TPSA) is 105 Å². The van der Waals surface area contributed by atoms with Crippen molar-refractivity contribution >= 4 is 27.2 Å². The molecule has 1 amide bonds. The number of rotatable bonds is 4. The van der Waals surface area contributed by atoms with Crippen LogP contribution >= 0.6 is 0 Å². The van der Waals surface area contributed by atoms with Crippen LogP contribution in [0.2, 0.25) is 0 Å². The van der Waals surface area contributed by atoms with Crippen LogP contribution in [0.25, 0.3) is 5.57 Å². The van der Waals surface area contributed by atoms with Gasteiger partial charge in [-0.2, -0.15) is 14.8 Å². The van der Waals surface area contributed by atoms with Gasteiger partial charge in [-0.05, 0) is 36.6 Å². The molecule has 2 aromatic carbocycles. The molecule has 0 saturated carbocycles. The zero-order valence-electron chi connectivity index (χ0n) is 16.1. The minimum absolute atomic E-state index is 0.0515. The molecule has 4 rings (SSSR count). The van der Waals surface area contributed by atoms with E-state index in [-0.39, 0.29) is 22.6 Å². The van der Waals surface area contributed by atoms with Gasteiger partial charge in [-0.25, -0.2) is 8.42 Å². The molecule has 0 N–H and O–H groups in total. The first-order chi connectivity index (χ1) is 14.5. The molecule has 0 radical (unpaired) electrons. The van der Waals surface area contributed by atoms with Crippen LogP contribution in [0, 0.1) is 22.7 Å². The molecular formula is C22H18N4O3S. The lowest BCUT2D eigenvalue weighted by Crippen LogP contribution is -2.28. The van der Waals surface area contributed by atoms with Gasteiger partial charge in [-0.15, -0.1) is 0 Å². The fourth-order valence-corrected chi connectivity index (χ4v) is 5.39. The van der Waals surface area contributed by atoms with Gasteiger partial charge in [0.05, 0.1) is 22.7 Å². The molecule has 1 saturated heterocycles. The van der Waals surface area contributed by atoms with Crippen molar-refractivity contribution in [1.82, 2.24) is 4.31 Å². The van der Waals surface area contributed by atoms with Crippen LogP contribution in [0.15, 0.2) is 59.0 Å². The molecule has 2 heterocycles. The van der Waals surface area contributed by atoms with E-state index in [1.807, 2.05) is 30.3 Å². The Bertz CT molecular complexity index is 1220. The van der Waals surface area contributed by atoms with Gasteiger partial charge in [-0.3, -0.25) is 4.79 Å². The third-order valence-electron chi connectivity index (χ3n) is 5.35. The molecule has 0 bridgehead atoms. The minimum Gasteiger partial charge on any atom is -0.303 e. The molecule has 7 nitrogen and oxygen atoms in total. The standard InChI is InChI=1S/C22H18N4O3S/c23-13-17(14-24)21-19-12-18(30(28,29)25-10-4-5-11-25)8-9-20(19)26(22(21)27)15-16-6-2-1-3-7-16/h1-3,6-9,12H,4-5,10-11,15H2. The van der Waals surface area contributed by atoms with Crippen molar-refractivity contribution in [1.29, 1.82) is 10.5 Å². The monoisotopic (exact) mass is 418 g/mol. The second-order valence-electron chi connectivity index (χ2n) is 7.14. The van der Waals surface area contributed by atoms with Gasteiger partial charge < -0.3 is 4.90 Å². The van der Waals surface area contributed by atoms with Gasteiger partial charge in [-0.1, -0.05) is 30.3 Å². The van der Waals surface area contributed by atoms with Gasteiger partial charge in [0, 0.05) is 18.7 Å². The Kier molecular flexibility index (Phi) is 5.13. The van der Waals surface area contributed by atoms with E-state index >= 15 is 0 Å². The van der Waals surface area contributed by atoms with E-state index in [9.17, 15) is 23.7 Å². The lowest BCUT2D eigenvalue weighted by Gasteiger charge is -2.18. The van der Waals surface area contributed by atoms with E-state index in [0.717, 1.165) is 18.4 Å². The Morgan fingerprint density at radius 1 is 1.00 bits per heavy atom. The highest BCUT2D eigenvalue weighted by Crippen LogP contribution is 2.41. The number of nitriles is 2. The smallest absolute Gasteiger partial charge is 0.261 e. The Hall–Kier alpha value is -3.46. The molecule has 2 aliphatic heterocycles. The predicted octanol–water partition coefficient (Wildman–Crippen LogP) is 2.82. The Morgan fingerprint density at radius 3 is 2.30 bits per heavy atom. The van der Waals surface area contributed by atoms with E-state index in [4.69, 9.17) is 0 Å². The second kappa shape index (κ2) is 7.75. The van der Waals surface area contributed by atoms with Crippen molar-refractivity contribution in [3.63, 3.8) is 0 Å². The van der Waals surface area contributed by atoms with Crippen LogP contribution in [0.4, 0.5) is 5.69 Å². The molecule has 0 aliphatic carbocycles. The lowest BCUT2D eigenvalue weighted by molar-refractivity contribution is -0.113. The summed E-state index contributed by atoms with van der Waals surface area (Å²) in [6.45, 7) is 1.17. The summed E-state index contributed by atoms with van der Waals surface area (Å²) in [5, 5.41) is 18.8. The largest absolute Gasteiger partial charge is 0.303 e. The first-order valence-corrected chi connectivity index (χ1v) is 11.0. The molecule has 0 spiro atoms. The molecule has 2 aliphatic rings. The first-order valence-electron chi connectivity index (χ1n) is 9.52. The minimum atomic E-state index is -3.70. The fourth-order valence-electron chi connectivity index (χ4n) is 3.85. The number of amides is 1. The van der Waals surface area contributed by atoms with Crippen LogP contribution in [0.5, 0.6) is 0 Å². The van der Waals surface area contributed by atoms with Crippen molar-refractivity contribution in [3.05, 3.63) is 65.2 Å². The van der Waals surface area contributed by atoms with Gasteiger partial charge in [0.2, 0.25) is 10.0 Å². The highest BCUT2D eigenvalue weighted by atomic mass is 32.2. The highest BCUT2D eigenvalue weighted by Gasteiger charge is 2.37. The van der Waals surface area contributed by atoms with E-state index < -0.39 is 15.9 Å². The Balaban J connectivity index is 1.85. The summed E-state index contributed by atoms with van der Waals surface area (Å²) in [6.07, 6.45) is 1.62. The zero-order valence-corrected chi connectivity index (χ0v) is 16.9. The van der Waals surface area contributed by atoms with Crippen LogP contribution < -0.4 is 4.90 Å². The van der Waals surface area contributed by atoms with Gasteiger partial charge in [0.15, 0.2) is 0 Å². The number of benzene rings is 2. The number of carbonyl (C=O) groups is 1. The van der Waals surface area contributed by atoms with Gasteiger partial charge in [0.25, 0.3) is 5.91 Å². The molecule has 0 unspecified atom stereocenters. The highest BCUT2D eigenvalue weighted by molar-refractivity contribution is 7.89. The maximum Gasteiger partial charge on any atom is 0.261 e. The second-order valence-corrected chi connectivity index (χ2v) is 9.08. The summed E-state index contributed by atoms with van der Waals surface area (Å²) in [5.41, 5.74) is 1.29. The number of nitrogens with zero attached hydrogens (tertiary/aromatic N) is 4. The number of sulfonamides is 1. The predicted molar refractivity (Wildman–Crippen MR) is 110 cm³/mol. The van der Waals surface area contributed by atoms with Crippen LogP contribution in [0.3, 0.4) is 0 Å². The number of anilines is 1. The van der Waals surface area contributed by atoms with Crippen LogP contribution in [-0.4, -0.2) is 31.7 Å². The number of fused-ring (bicyclic) bond motifs is 1. The van der Waals surface area contributed by atoms with E-state index in [1.54, 1.807) is 18.2 Å². The van der Waals surface area contributed by atoms with E-state index in [0.29, 0.717) is 24.3 Å². The molecule has 2 aromatic rings. The number of allylic oxidation sites excluding steroid dienone is 1. The Labute approximate surface area is 175 Å². The van der Waals surface area contributed by atoms with Crippen LogP contribution in [-0.2, 0) is 21.4 Å². The summed E-state index contributed by atoms with van der Waals surface area (Å²) in [7, 11) is -3.70. The van der Waals surface area contributed by atoms with Gasteiger partial charge >= 0.3 is 0 Å². The lowest BCUT2D eigenvalue weighted by atomic mass is 10.0. The summed E-state index contributed by atoms with van der Waals surface area (Å²) in [5.74, 6) is -0.484. The fraction of sp³-hybridized carbons (Fsp3) is 0.227. The molecule has 150 valence electrons. The van der Waals surface area contributed by atoms with Gasteiger partial charge in [0.1, 0.15) is 17.7 Å². The molecule has 30 heavy (non-hydrogen) atoms. The van der Waals surface area contributed by atoms with Crippen molar-refractivity contribution in [2.75, 3.05) is 18.0 Å². The van der Waals surface area contributed by atoms with E-state index in [1.165, 1.54) is 21.3 Å². The summed E-state index contributed by atoms with van der Waals surface area (Å²) in [6, 6.07) is 17.4.